The van der Waals surface area contributed by atoms with Gasteiger partial charge < -0.3 is 4.74 Å². The normalized spacial score (nSPS) is 21.0. The molecule has 226 valence electrons. The van der Waals surface area contributed by atoms with Crippen LogP contribution in [-0.2, 0) is 9.59 Å². The van der Waals surface area contributed by atoms with Crippen molar-refractivity contribution < 1.29 is 33.8 Å². The van der Waals surface area contributed by atoms with Crippen molar-refractivity contribution in [2.75, 3.05) is 6.54 Å². The number of amides is 3. The van der Waals surface area contributed by atoms with Gasteiger partial charge >= 0.3 is 0 Å². The Bertz CT molecular complexity index is 1620. The maximum atomic E-state index is 13.7. The Labute approximate surface area is 266 Å². The van der Waals surface area contributed by atoms with Crippen molar-refractivity contribution >= 4 is 66.7 Å². The summed E-state index contributed by atoms with van der Waals surface area (Å²) in [7, 11) is 0. The molecule has 0 unspecified atom stereocenters. The quantitative estimate of drug-likeness (QED) is 0.0913. The van der Waals surface area contributed by atoms with E-state index in [1.54, 1.807) is 0 Å². The molecule has 44 heavy (non-hydrogen) atoms. The van der Waals surface area contributed by atoms with Crippen molar-refractivity contribution in [3.8, 4) is 11.5 Å². The van der Waals surface area contributed by atoms with Crippen molar-refractivity contribution in [2.45, 2.75) is 22.5 Å². The third kappa shape index (κ3) is 6.24. The summed E-state index contributed by atoms with van der Waals surface area (Å²) in [5.74, 6) is -3.34. The Kier molecular flexibility index (Phi) is 8.87. The summed E-state index contributed by atoms with van der Waals surface area (Å²) in [6, 6.07) is 15.9. The number of ketones is 1. The molecule has 2 aliphatic rings. The molecule has 3 aromatic rings. The van der Waals surface area contributed by atoms with E-state index in [-0.39, 0.29) is 32.2 Å². The van der Waals surface area contributed by atoms with Crippen LogP contribution in [0.1, 0.15) is 33.6 Å². The third-order valence-corrected chi connectivity index (χ3v) is 10.2. The molecule has 1 aliphatic carbocycles. The van der Waals surface area contributed by atoms with Crippen molar-refractivity contribution in [3.63, 3.8) is 0 Å². The highest BCUT2D eigenvalue weighted by molar-refractivity contribution is 9.12. The van der Waals surface area contributed by atoms with E-state index in [1.165, 1.54) is 60.7 Å². The zero-order valence-electron chi connectivity index (χ0n) is 22.6. The predicted molar refractivity (Wildman–Crippen MR) is 162 cm³/mol. The number of rotatable bonds is 9. The van der Waals surface area contributed by atoms with Crippen LogP contribution in [0.15, 0.2) is 72.8 Å². The molecule has 1 saturated heterocycles. The second-order valence-corrected chi connectivity index (χ2v) is 12.5. The average Bonchev–Trinajstić information content (AvgIpc) is 3.24. The monoisotopic (exact) mass is 728 g/mol. The third-order valence-electron chi connectivity index (χ3n) is 7.44. The molecule has 0 aromatic heterocycles. The molecule has 1 aliphatic heterocycles. The van der Waals surface area contributed by atoms with Crippen LogP contribution in [0.3, 0.4) is 0 Å². The Balaban J connectivity index is 1.39. The van der Waals surface area contributed by atoms with Gasteiger partial charge in [0.15, 0.2) is 5.78 Å². The topological polar surface area (TPSA) is 170 Å². The summed E-state index contributed by atoms with van der Waals surface area (Å²) in [5, 5.41) is 23.5. The lowest BCUT2D eigenvalue weighted by Gasteiger charge is -2.30. The van der Waals surface area contributed by atoms with Crippen LogP contribution < -0.4 is 4.74 Å². The number of nitro benzene ring substituents is 2. The standard InChI is InChI=1S/C29H22Br2N4O9/c30-24-13-22-23(14-25(24)31)29(39)33(28(22)38)32(27(37)17-1-5-18(6-2-17)34(40)41)15-26(36)16-3-9-20(10-4-16)44-21-11-7-19(8-12-21)35(42)43/h1-12,22-25H,13-15H2/t22-,23+,24+,25-. The average molecular weight is 730 g/mol. The van der Waals surface area contributed by atoms with Gasteiger partial charge in [-0.05, 0) is 61.4 Å². The maximum absolute atomic E-state index is 13.7. The molecule has 0 radical (unpaired) electrons. The van der Waals surface area contributed by atoms with Crippen molar-refractivity contribution in [2.24, 2.45) is 11.8 Å². The Hall–Kier alpha value is -4.50. The molecule has 2 fully saturated rings. The molecule has 0 spiro atoms. The lowest BCUT2D eigenvalue weighted by atomic mass is 9.81. The first-order chi connectivity index (χ1) is 20.9. The highest BCUT2D eigenvalue weighted by Crippen LogP contribution is 2.43. The van der Waals surface area contributed by atoms with E-state index in [4.69, 9.17) is 4.74 Å². The molecular formula is C29H22Br2N4O9. The van der Waals surface area contributed by atoms with Crippen molar-refractivity contribution in [3.05, 3.63) is 104 Å². The number of halogens is 2. The first-order valence-corrected chi connectivity index (χ1v) is 15.1. The van der Waals surface area contributed by atoms with Crippen LogP contribution in [0.25, 0.3) is 0 Å². The zero-order chi connectivity index (χ0) is 31.7. The number of carbonyl (C=O) groups is 4. The second kappa shape index (κ2) is 12.6. The lowest BCUT2D eigenvalue weighted by molar-refractivity contribution is -0.385. The Morgan fingerprint density at radius 2 is 1.16 bits per heavy atom. The Morgan fingerprint density at radius 1 is 0.750 bits per heavy atom. The van der Waals surface area contributed by atoms with Gasteiger partial charge in [-0.15, -0.1) is 0 Å². The minimum absolute atomic E-state index is 0.0533. The molecule has 15 heteroatoms. The molecule has 5 rings (SSSR count). The molecule has 3 amide bonds. The first kappa shape index (κ1) is 30.9. The SMILES string of the molecule is O=C(CN(C(=O)c1ccc([N+](=O)[O-])cc1)N1C(=O)[C@H]2C[C@@H](Br)[C@@H](Br)C[C@H]2C1=O)c1ccc(Oc2ccc([N+](=O)[O-])cc2)cc1. The van der Waals surface area contributed by atoms with Crippen LogP contribution in [-0.4, -0.2) is 59.6 Å². The van der Waals surface area contributed by atoms with E-state index in [2.05, 4.69) is 31.9 Å². The van der Waals surface area contributed by atoms with E-state index in [0.717, 1.165) is 22.2 Å². The highest BCUT2D eigenvalue weighted by Gasteiger charge is 2.54. The fraction of sp³-hybridized carbons (Fsp3) is 0.241. The number of non-ortho nitro benzene ring substituents is 2. The molecule has 1 heterocycles. The number of carbonyl (C=O) groups excluding carboxylic acids is 4. The summed E-state index contributed by atoms with van der Waals surface area (Å²) < 4.78 is 5.68. The molecule has 1 saturated carbocycles. The van der Waals surface area contributed by atoms with E-state index in [0.29, 0.717) is 24.3 Å². The molecule has 13 nitrogen and oxygen atoms in total. The largest absolute Gasteiger partial charge is 0.457 e. The molecule has 4 atom stereocenters. The minimum Gasteiger partial charge on any atom is -0.457 e. The molecular weight excluding hydrogens is 708 g/mol. The summed E-state index contributed by atoms with van der Waals surface area (Å²) >= 11 is 7.06. The van der Waals surface area contributed by atoms with Gasteiger partial charge in [0.05, 0.1) is 21.7 Å². The summed E-state index contributed by atoms with van der Waals surface area (Å²) in [5.41, 5.74) is -0.256. The molecule has 0 bridgehead atoms. The fourth-order valence-corrected chi connectivity index (χ4v) is 6.37. The fourth-order valence-electron chi connectivity index (χ4n) is 5.13. The van der Waals surface area contributed by atoms with Crippen LogP contribution in [0.4, 0.5) is 11.4 Å². The number of ether oxygens (including phenoxy) is 1. The van der Waals surface area contributed by atoms with Crippen LogP contribution in [0.2, 0.25) is 0 Å². The first-order valence-electron chi connectivity index (χ1n) is 13.2. The predicted octanol–water partition coefficient (Wildman–Crippen LogP) is 5.46. The molecule has 3 aromatic carbocycles. The summed E-state index contributed by atoms with van der Waals surface area (Å²) in [6.07, 6.45) is 0.705. The summed E-state index contributed by atoms with van der Waals surface area (Å²) in [6.45, 7) is -0.662. The van der Waals surface area contributed by atoms with Crippen molar-refractivity contribution in [1.82, 2.24) is 10.0 Å². The number of nitro groups is 2. The highest BCUT2D eigenvalue weighted by atomic mass is 79.9. The maximum Gasteiger partial charge on any atom is 0.273 e. The van der Waals surface area contributed by atoms with Crippen LogP contribution in [0, 0.1) is 32.1 Å². The van der Waals surface area contributed by atoms with Gasteiger partial charge in [-0.1, -0.05) is 31.9 Å². The van der Waals surface area contributed by atoms with Gasteiger partial charge in [-0.25, -0.2) is 5.01 Å². The van der Waals surface area contributed by atoms with Gasteiger partial charge in [0.1, 0.15) is 18.0 Å². The zero-order valence-corrected chi connectivity index (χ0v) is 25.7. The number of nitrogens with zero attached hydrogens (tertiary/aromatic N) is 4. The number of hydrogen-bond donors (Lipinski definition) is 0. The van der Waals surface area contributed by atoms with Gasteiger partial charge in [0.2, 0.25) is 0 Å². The number of hydrazine groups is 1. The van der Waals surface area contributed by atoms with E-state index in [1.807, 2.05) is 0 Å². The van der Waals surface area contributed by atoms with E-state index < -0.39 is 51.7 Å². The smallest absolute Gasteiger partial charge is 0.273 e. The van der Waals surface area contributed by atoms with Gasteiger partial charge in [0.25, 0.3) is 29.1 Å². The van der Waals surface area contributed by atoms with E-state index >= 15 is 0 Å². The van der Waals surface area contributed by atoms with E-state index in [9.17, 15) is 39.4 Å². The van der Waals surface area contributed by atoms with Gasteiger partial charge in [0, 0.05) is 45.0 Å². The number of hydrogen-bond acceptors (Lipinski definition) is 9. The number of fused-ring (bicyclic) bond motifs is 1. The number of benzene rings is 3. The minimum atomic E-state index is -0.850. The molecule has 0 N–H and O–H groups in total. The summed E-state index contributed by atoms with van der Waals surface area (Å²) in [4.78, 5) is 74.9. The van der Waals surface area contributed by atoms with Gasteiger partial charge in [-0.3, -0.25) is 39.4 Å². The van der Waals surface area contributed by atoms with Crippen molar-refractivity contribution in [1.29, 1.82) is 0 Å². The van der Waals surface area contributed by atoms with Crippen LogP contribution >= 0.6 is 31.9 Å². The number of alkyl halides is 2. The second-order valence-electron chi connectivity index (χ2n) is 10.2. The lowest BCUT2D eigenvalue weighted by Crippen LogP contribution is -2.52. The van der Waals surface area contributed by atoms with Gasteiger partial charge in [-0.2, -0.15) is 5.01 Å². The Morgan fingerprint density at radius 3 is 1.61 bits per heavy atom. The number of Topliss-reactive ketones (excluding diaryl/α,β-unsaturated/α-hetero) is 1. The number of imide groups is 1. The van der Waals surface area contributed by atoms with Crippen LogP contribution in [0.5, 0.6) is 11.5 Å².